The van der Waals surface area contributed by atoms with Crippen molar-refractivity contribution in [3.05, 3.63) is 46.8 Å². The lowest BCUT2D eigenvalue weighted by molar-refractivity contribution is -0.158. The molecule has 0 unspecified atom stereocenters. The van der Waals surface area contributed by atoms with Crippen molar-refractivity contribution in [1.82, 2.24) is 9.80 Å². The maximum Gasteiger partial charge on any atom is 0.264 e. The van der Waals surface area contributed by atoms with Crippen LogP contribution in [-0.2, 0) is 9.53 Å². The molecule has 0 saturated carbocycles. The highest BCUT2D eigenvalue weighted by Gasteiger charge is 2.45. The molecule has 2 aliphatic heterocycles. The van der Waals surface area contributed by atoms with E-state index in [2.05, 4.69) is 12.1 Å². The molecular weight excluding hydrogens is 348 g/mol. The van der Waals surface area contributed by atoms with E-state index in [-0.39, 0.29) is 18.4 Å². The molecule has 2 amide bonds. The van der Waals surface area contributed by atoms with Gasteiger partial charge in [-0.3, -0.25) is 9.59 Å². The summed E-state index contributed by atoms with van der Waals surface area (Å²) in [6, 6.07) is 12.1. The Morgan fingerprint density at radius 3 is 2.73 bits per heavy atom. The summed E-state index contributed by atoms with van der Waals surface area (Å²) < 4.78 is 5.84. The fraction of sp³-hybridized carbons (Fsp3) is 0.400. The van der Waals surface area contributed by atoms with Crippen LogP contribution in [0.3, 0.4) is 0 Å². The van der Waals surface area contributed by atoms with Crippen LogP contribution in [0.2, 0.25) is 0 Å². The summed E-state index contributed by atoms with van der Waals surface area (Å²) in [6.07, 6.45) is 0.770. The molecule has 1 aromatic heterocycles. The Kier molecular flexibility index (Phi) is 4.32. The summed E-state index contributed by atoms with van der Waals surface area (Å²) in [5.74, 6) is 0.0575. The number of benzene rings is 1. The number of hydrogen-bond donors (Lipinski definition) is 0. The smallest absolute Gasteiger partial charge is 0.264 e. The zero-order valence-corrected chi connectivity index (χ0v) is 15.8. The number of likely N-dealkylation sites (N-methyl/N-ethyl adjacent to an activating group) is 1. The minimum atomic E-state index is -0.410. The van der Waals surface area contributed by atoms with Crippen LogP contribution in [0.5, 0.6) is 0 Å². The third-order valence-electron chi connectivity index (χ3n) is 5.22. The molecule has 0 aliphatic carbocycles. The molecule has 5 nitrogen and oxygen atoms in total. The Labute approximate surface area is 157 Å². The van der Waals surface area contributed by atoms with Crippen molar-refractivity contribution in [2.24, 2.45) is 0 Å². The van der Waals surface area contributed by atoms with Crippen LogP contribution in [0.4, 0.5) is 0 Å². The lowest BCUT2D eigenvalue weighted by Crippen LogP contribution is -2.54. The molecule has 1 aromatic carbocycles. The van der Waals surface area contributed by atoms with Gasteiger partial charge in [-0.2, -0.15) is 0 Å². The van der Waals surface area contributed by atoms with Crippen molar-refractivity contribution in [1.29, 1.82) is 0 Å². The summed E-state index contributed by atoms with van der Waals surface area (Å²) in [5, 5.41) is 0. The number of nitrogens with zero attached hydrogens (tertiary/aromatic N) is 2. The summed E-state index contributed by atoms with van der Waals surface area (Å²) >= 11 is 1.55. The van der Waals surface area contributed by atoms with Crippen molar-refractivity contribution in [3.8, 4) is 10.4 Å². The first-order chi connectivity index (χ1) is 12.5. The molecule has 1 atom stereocenters. The highest BCUT2D eigenvalue weighted by Crippen LogP contribution is 2.35. The molecule has 0 bridgehead atoms. The first-order valence-electron chi connectivity index (χ1n) is 8.80. The molecule has 2 fully saturated rings. The predicted molar refractivity (Wildman–Crippen MR) is 101 cm³/mol. The average molecular weight is 370 g/mol. The number of rotatable bonds is 2. The highest BCUT2D eigenvalue weighted by atomic mass is 32.1. The van der Waals surface area contributed by atoms with Crippen LogP contribution in [0.25, 0.3) is 10.4 Å². The number of ether oxygens (including phenoxy) is 1. The van der Waals surface area contributed by atoms with E-state index in [1.54, 1.807) is 23.3 Å². The molecule has 0 N–H and O–H groups in total. The lowest BCUT2D eigenvalue weighted by Gasteiger charge is -2.38. The van der Waals surface area contributed by atoms with Gasteiger partial charge < -0.3 is 14.5 Å². The van der Waals surface area contributed by atoms with Crippen molar-refractivity contribution >= 4 is 23.2 Å². The number of amides is 2. The third-order valence-corrected chi connectivity index (χ3v) is 6.50. The number of carbonyl (C=O) groups is 2. The van der Waals surface area contributed by atoms with Crippen LogP contribution in [-0.4, -0.2) is 60.5 Å². The first kappa shape index (κ1) is 17.2. The average Bonchev–Trinajstić information content (AvgIpc) is 3.23. The summed E-state index contributed by atoms with van der Waals surface area (Å²) in [5.41, 5.74) is 1.85. The number of carbonyl (C=O) groups excluding carboxylic acids is 2. The van der Waals surface area contributed by atoms with Gasteiger partial charge in [0.25, 0.3) is 5.91 Å². The third kappa shape index (κ3) is 3.04. The van der Waals surface area contributed by atoms with Gasteiger partial charge >= 0.3 is 0 Å². The van der Waals surface area contributed by atoms with Gasteiger partial charge in [-0.25, -0.2) is 0 Å². The Morgan fingerprint density at radius 1 is 1.23 bits per heavy atom. The van der Waals surface area contributed by atoms with Gasteiger partial charge in [0.15, 0.2) is 0 Å². The predicted octanol–water partition coefficient (Wildman–Crippen LogP) is 2.80. The van der Waals surface area contributed by atoms with Crippen molar-refractivity contribution in [2.45, 2.75) is 18.9 Å². The van der Waals surface area contributed by atoms with Crippen LogP contribution >= 0.6 is 11.3 Å². The normalized spacial score (nSPS) is 23.1. The Balaban J connectivity index is 1.52. The molecular formula is C20H22N2O3S. The van der Waals surface area contributed by atoms with Crippen molar-refractivity contribution < 1.29 is 14.3 Å². The molecule has 3 heterocycles. The van der Waals surface area contributed by atoms with E-state index < -0.39 is 5.60 Å². The zero-order chi connectivity index (χ0) is 18.3. The molecule has 2 saturated heterocycles. The second-order valence-electron chi connectivity index (χ2n) is 7.19. The van der Waals surface area contributed by atoms with E-state index in [1.165, 1.54) is 0 Å². The highest BCUT2D eigenvalue weighted by molar-refractivity contribution is 7.17. The molecule has 0 radical (unpaired) electrons. The van der Waals surface area contributed by atoms with Crippen LogP contribution in [0, 0.1) is 6.92 Å². The number of thiophene rings is 1. The Bertz CT molecular complexity index is 848. The van der Waals surface area contributed by atoms with Gasteiger partial charge in [-0.1, -0.05) is 30.3 Å². The zero-order valence-electron chi connectivity index (χ0n) is 15.0. The molecule has 2 aliphatic rings. The van der Waals surface area contributed by atoms with Gasteiger partial charge in [0.1, 0.15) is 12.2 Å². The largest absolute Gasteiger partial charge is 0.361 e. The van der Waals surface area contributed by atoms with Gasteiger partial charge in [0, 0.05) is 18.5 Å². The minimum absolute atomic E-state index is 0.00165. The monoisotopic (exact) mass is 370 g/mol. The van der Waals surface area contributed by atoms with E-state index in [0.29, 0.717) is 19.6 Å². The fourth-order valence-electron chi connectivity index (χ4n) is 3.78. The first-order valence-corrected chi connectivity index (χ1v) is 9.62. The van der Waals surface area contributed by atoms with Crippen LogP contribution in [0.1, 0.15) is 21.7 Å². The Morgan fingerprint density at radius 2 is 2.00 bits per heavy atom. The second kappa shape index (κ2) is 6.52. The molecule has 1 spiro atoms. The summed E-state index contributed by atoms with van der Waals surface area (Å²) in [4.78, 5) is 30.2. The second-order valence-corrected chi connectivity index (χ2v) is 8.24. The molecule has 136 valence electrons. The van der Waals surface area contributed by atoms with E-state index in [1.807, 2.05) is 36.1 Å². The van der Waals surface area contributed by atoms with E-state index in [0.717, 1.165) is 27.3 Å². The Hall–Kier alpha value is -2.18. The molecule has 6 heteroatoms. The summed E-state index contributed by atoms with van der Waals surface area (Å²) in [6.45, 7) is 3.91. The maximum atomic E-state index is 13.0. The number of aryl methyl sites for hydroxylation is 1. The van der Waals surface area contributed by atoms with E-state index in [4.69, 9.17) is 4.74 Å². The molecule has 2 aromatic rings. The lowest BCUT2D eigenvalue weighted by atomic mass is 10.0. The van der Waals surface area contributed by atoms with Gasteiger partial charge in [-0.15, -0.1) is 11.3 Å². The number of morpholine rings is 1. The van der Waals surface area contributed by atoms with Crippen molar-refractivity contribution in [2.75, 3.05) is 33.3 Å². The topological polar surface area (TPSA) is 49.9 Å². The van der Waals surface area contributed by atoms with E-state index in [9.17, 15) is 9.59 Å². The maximum absolute atomic E-state index is 13.0. The SMILES string of the molecule is Cc1cc(C(=O)N2CC[C@@]3(CN(C)C(=O)CO3)C2)sc1-c1ccccc1. The van der Waals surface area contributed by atoms with E-state index >= 15 is 0 Å². The van der Waals surface area contributed by atoms with Gasteiger partial charge in [-0.05, 0) is 30.5 Å². The van der Waals surface area contributed by atoms with Gasteiger partial charge in [0.2, 0.25) is 5.91 Å². The summed E-state index contributed by atoms with van der Waals surface area (Å²) in [7, 11) is 1.80. The van der Waals surface area contributed by atoms with Crippen molar-refractivity contribution in [3.63, 3.8) is 0 Å². The van der Waals surface area contributed by atoms with Crippen LogP contribution in [0.15, 0.2) is 36.4 Å². The molecule has 26 heavy (non-hydrogen) atoms. The standard InChI is InChI=1S/C20H22N2O3S/c1-14-10-16(26-18(14)15-6-4-3-5-7-15)19(24)22-9-8-20(13-22)12-21(2)17(23)11-25-20/h3-7,10H,8-9,11-13H2,1-2H3/t20-/m1/s1. The van der Waals surface area contributed by atoms with Gasteiger partial charge in [0.05, 0.1) is 18.0 Å². The van der Waals surface area contributed by atoms with Crippen LogP contribution < -0.4 is 0 Å². The fourth-order valence-corrected chi connectivity index (χ4v) is 4.92. The number of hydrogen-bond acceptors (Lipinski definition) is 4. The molecule has 4 rings (SSSR count). The quantitative estimate of drug-likeness (QED) is 0.817. The minimum Gasteiger partial charge on any atom is -0.361 e. The number of likely N-dealkylation sites (tertiary alicyclic amines) is 1.